The molecule has 0 aromatic heterocycles. The molecule has 4 nitrogen and oxygen atoms in total. The van der Waals surface area contributed by atoms with Gasteiger partial charge in [0.05, 0.1) is 0 Å². The van der Waals surface area contributed by atoms with Gasteiger partial charge in [0.15, 0.2) is 0 Å². The highest BCUT2D eigenvalue weighted by Crippen LogP contribution is 2.31. The van der Waals surface area contributed by atoms with E-state index in [9.17, 15) is 9.90 Å². The van der Waals surface area contributed by atoms with Crippen molar-refractivity contribution in [1.29, 1.82) is 0 Å². The summed E-state index contributed by atoms with van der Waals surface area (Å²) in [6, 6.07) is 3.22. The van der Waals surface area contributed by atoms with Gasteiger partial charge in [-0.3, -0.25) is 0 Å². The van der Waals surface area contributed by atoms with Gasteiger partial charge in [0.1, 0.15) is 17.4 Å². The summed E-state index contributed by atoms with van der Waals surface area (Å²) in [7, 11) is 0. The number of ether oxygens (including phenoxy) is 1. The van der Waals surface area contributed by atoms with Crippen molar-refractivity contribution in [2.45, 2.75) is 25.9 Å². The van der Waals surface area contributed by atoms with Crippen molar-refractivity contribution < 1.29 is 19.7 Å². The maximum atomic E-state index is 11.6. The highest BCUT2D eigenvalue weighted by Gasteiger charge is 2.28. The first-order valence-electron chi connectivity index (χ1n) is 5.29. The molecule has 0 fully saturated rings. The van der Waals surface area contributed by atoms with Gasteiger partial charge in [0.25, 0.3) is 0 Å². The first-order valence-corrected chi connectivity index (χ1v) is 5.29. The maximum Gasteiger partial charge on any atom is 0.342 e. The van der Waals surface area contributed by atoms with Crippen molar-refractivity contribution in [3.8, 4) is 5.75 Å². The number of fused-ring (bicyclic) bond motifs is 1. The number of benzene rings is 1. The summed E-state index contributed by atoms with van der Waals surface area (Å²) >= 11 is 0. The summed E-state index contributed by atoms with van der Waals surface area (Å²) in [4.78, 5) is 11.6. The Bertz CT molecular complexity index is 425. The Balaban J connectivity index is 2.53. The van der Waals surface area contributed by atoms with Crippen LogP contribution in [-0.2, 0) is 17.6 Å². The lowest BCUT2D eigenvalue weighted by molar-refractivity contribution is 0.0296. The molecule has 0 radical (unpaired) electrons. The van der Waals surface area contributed by atoms with Gasteiger partial charge in [-0.1, -0.05) is 6.07 Å². The van der Waals surface area contributed by atoms with Crippen LogP contribution in [0.2, 0.25) is 0 Å². The van der Waals surface area contributed by atoms with Crippen LogP contribution in [0.5, 0.6) is 5.75 Å². The molecular weight excluding hydrogens is 208 g/mol. The molecule has 1 atom stereocenters. The van der Waals surface area contributed by atoms with Gasteiger partial charge in [-0.25, -0.2) is 4.79 Å². The molecule has 0 spiro atoms. The molecule has 86 valence electrons. The lowest BCUT2D eigenvalue weighted by Crippen LogP contribution is -2.26. The molecule has 1 aliphatic rings. The highest BCUT2D eigenvalue weighted by atomic mass is 16.5. The van der Waals surface area contributed by atoms with E-state index in [1.54, 1.807) is 6.07 Å². The van der Waals surface area contributed by atoms with Crippen molar-refractivity contribution in [3.63, 3.8) is 0 Å². The fraction of sp³-hybridized carbons (Fsp3) is 0.417. The Morgan fingerprint density at radius 3 is 2.94 bits per heavy atom. The number of aromatic hydroxyl groups is 1. The number of hydrogen-bond acceptors (Lipinski definition) is 4. The molecule has 1 aromatic rings. The third-order valence-corrected chi connectivity index (χ3v) is 2.77. The van der Waals surface area contributed by atoms with Crippen molar-refractivity contribution in [2.75, 3.05) is 6.61 Å². The predicted octanol–water partition coefficient (Wildman–Crippen LogP) is 1.03. The molecule has 16 heavy (non-hydrogen) atoms. The van der Waals surface area contributed by atoms with Gasteiger partial charge in [-0.05, 0) is 30.5 Å². The molecule has 1 aromatic carbocycles. The van der Waals surface area contributed by atoms with E-state index in [4.69, 9.17) is 9.84 Å². The molecule has 0 saturated heterocycles. The second kappa shape index (κ2) is 4.14. The molecule has 1 unspecified atom stereocenters. The van der Waals surface area contributed by atoms with E-state index in [1.165, 1.54) is 6.07 Å². The molecule has 2 N–H and O–H groups in total. The molecule has 0 amide bonds. The van der Waals surface area contributed by atoms with Crippen LogP contribution in [0.3, 0.4) is 0 Å². The van der Waals surface area contributed by atoms with Crippen LogP contribution in [0, 0.1) is 0 Å². The van der Waals surface area contributed by atoms with E-state index in [2.05, 4.69) is 0 Å². The Morgan fingerprint density at radius 1 is 1.50 bits per heavy atom. The Kier molecular flexibility index (Phi) is 2.83. The van der Waals surface area contributed by atoms with Gasteiger partial charge in [-0.15, -0.1) is 0 Å². The van der Waals surface area contributed by atoms with Crippen LogP contribution in [0.1, 0.15) is 28.4 Å². The minimum absolute atomic E-state index is 0.0284. The second-order valence-electron chi connectivity index (χ2n) is 3.99. The second-order valence-corrected chi connectivity index (χ2v) is 3.99. The molecule has 1 aliphatic heterocycles. The SMILES string of the molecule is CC1Cc2c(CCO)ccc(O)c2C(=O)O1. The minimum atomic E-state index is -0.481. The number of hydrogen-bond donors (Lipinski definition) is 2. The monoisotopic (exact) mass is 222 g/mol. The summed E-state index contributed by atoms with van der Waals surface area (Å²) in [5, 5.41) is 18.6. The summed E-state index contributed by atoms with van der Waals surface area (Å²) in [6.07, 6.45) is 0.896. The van der Waals surface area contributed by atoms with Gasteiger partial charge < -0.3 is 14.9 Å². The Labute approximate surface area is 93.5 Å². The van der Waals surface area contributed by atoms with E-state index in [1.807, 2.05) is 6.92 Å². The molecule has 0 aliphatic carbocycles. The Morgan fingerprint density at radius 2 is 2.25 bits per heavy atom. The quantitative estimate of drug-likeness (QED) is 0.733. The van der Waals surface area contributed by atoms with E-state index < -0.39 is 5.97 Å². The Hall–Kier alpha value is -1.55. The van der Waals surface area contributed by atoms with E-state index >= 15 is 0 Å². The smallest absolute Gasteiger partial charge is 0.342 e. The first kappa shape index (κ1) is 11.0. The molecule has 1 heterocycles. The zero-order chi connectivity index (χ0) is 11.7. The van der Waals surface area contributed by atoms with Crippen LogP contribution in [-0.4, -0.2) is 28.9 Å². The van der Waals surface area contributed by atoms with Crippen LogP contribution >= 0.6 is 0 Å². The van der Waals surface area contributed by atoms with E-state index in [0.717, 1.165) is 11.1 Å². The molecule has 0 bridgehead atoms. The third kappa shape index (κ3) is 1.76. The number of aliphatic hydroxyl groups excluding tert-OH is 1. The first-order chi connectivity index (χ1) is 7.63. The predicted molar refractivity (Wildman–Crippen MR) is 57.5 cm³/mol. The summed E-state index contributed by atoms with van der Waals surface area (Å²) in [6.45, 7) is 1.84. The number of carbonyl (C=O) groups excluding carboxylic acids is 1. The van der Waals surface area contributed by atoms with Crippen molar-refractivity contribution in [3.05, 3.63) is 28.8 Å². The zero-order valence-corrected chi connectivity index (χ0v) is 9.06. The van der Waals surface area contributed by atoms with Crippen molar-refractivity contribution in [1.82, 2.24) is 0 Å². The number of cyclic esters (lactones) is 1. The summed E-state index contributed by atoms with van der Waals surface area (Å²) in [5.74, 6) is -0.528. The maximum absolute atomic E-state index is 11.6. The molecule has 4 heteroatoms. The number of phenols is 1. The van der Waals surface area contributed by atoms with Crippen LogP contribution in [0.15, 0.2) is 12.1 Å². The fourth-order valence-corrected chi connectivity index (χ4v) is 2.06. The topological polar surface area (TPSA) is 66.8 Å². The van der Waals surface area contributed by atoms with E-state index in [0.29, 0.717) is 12.8 Å². The van der Waals surface area contributed by atoms with Crippen molar-refractivity contribution in [2.24, 2.45) is 0 Å². The molecule has 2 rings (SSSR count). The number of rotatable bonds is 2. The van der Waals surface area contributed by atoms with Crippen LogP contribution in [0.4, 0.5) is 0 Å². The third-order valence-electron chi connectivity index (χ3n) is 2.77. The minimum Gasteiger partial charge on any atom is -0.507 e. The summed E-state index contributed by atoms with van der Waals surface area (Å²) < 4.78 is 5.07. The highest BCUT2D eigenvalue weighted by molar-refractivity contribution is 5.95. The molecular formula is C12H14O4. The van der Waals surface area contributed by atoms with E-state index in [-0.39, 0.29) is 24.0 Å². The van der Waals surface area contributed by atoms with Crippen LogP contribution < -0.4 is 0 Å². The summed E-state index contributed by atoms with van der Waals surface area (Å²) in [5.41, 5.74) is 1.96. The standard InChI is InChI=1S/C12H14O4/c1-7-6-9-8(4-5-13)2-3-10(14)11(9)12(15)16-7/h2-3,7,13-14H,4-6H2,1H3. The average Bonchev–Trinajstić information content (AvgIpc) is 2.21. The number of esters is 1. The lowest BCUT2D eigenvalue weighted by atomic mass is 9.92. The number of carbonyl (C=O) groups is 1. The molecule has 0 saturated carbocycles. The number of phenolic OH excluding ortho intramolecular Hbond substituents is 1. The van der Waals surface area contributed by atoms with Gasteiger partial charge in [-0.2, -0.15) is 0 Å². The fourth-order valence-electron chi connectivity index (χ4n) is 2.06. The van der Waals surface area contributed by atoms with Crippen molar-refractivity contribution >= 4 is 5.97 Å². The van der Waals surface area contributed by atoms with Gasteiger partial charge in [0, 0.05) is 13.0 Å². The average molecular weight is 222 g/mol. The van der Waals surface area contributed by atoms with Crippen LogP contribution in [0.25, 0.3) is 0 Å². The number of aliphatic hydroxyl groups is 1. The largest absolute Gasteiger partial charge is 0.507 e. The van der Waals surface area contributed by atoms with Gasteiger partial charge in [0.2, 0.25) is 0 Å². The normalized spacial score (nSPS) is 19.1. The lowest BCUT2D eigenvalue weighted by Gasteiger charge is -2.24. The zero-order valence-electron chi connectivity index (χ0n) is 9.06. The van der Waals surface area contributed by atoms with Gasteiger partial charge >= 0.3 is 5.97 Å².